The maximum absolute atomic E-state index is 12.3. The van der Waals surface area contributed by atoms with Crippen LogP contribution in [0.1, 0.15) is 37.3 Å². The van der Waals surface area contributed by atoms with Crippen LogP contribution in [0, 0.1) is 6.92 Å². The van der Waals surface area contributed by atoms with Gasteiger partial charge in [-0.2, -0.15) is 0 Å². The number of nitrogens with one attached hydrogen (secondary N) is 1. The standard InChI is InChI=1S/C19H23NO3S/c1-4-15(3)16-7-9-17(10-8-16)20-19(21)13-24(22,23)18-11-5-14(2)6-12-18/h5-12,15H,4,13H2,1-3H3,(H,20,21). The van der Waals surface area contributed by atoms with E-state index in [1.807, 2.05) is 19.1 Å². The van der Waals surface area contributed by atoms with Crippen molar-refractivity contribution in [3.8, 4) is 0 Å². The molecule has 4 nitrogen and oxygen atoms in total. The second-order valence-electron chi connectivity index (χ2n) is 6.05. The minimum atomic E-state index is -3.63. The first-order valence-electron chi connectivity index (χ1n) is 8.01. The van der Waals surface area contributed by atoms with Gasteiger partial charge in [0.2, 0.25) is 5.91 Å². The number of hydrogen-bond donors (Lipinski definition) is 1. The molecule has 2 rings (SSSR count). The number of hydrogen-bond acceptors (Lipinski definition) is 3. The smallest absolute Gasteiger partial charge is 0.239 e. The monoisotopic (exact) mass is 345 g/mol. The number of sulfone groups is 1. The molecule has 2 aromatic rings. The first-order chi connectivity index (χ1) is 11.3. The van der Waals surface area contributed by atoms with Gasteiger partial charge in [0.25, 0.3) is 0 Å². The van der Waals surface area contributed by atoms with Crippen molar-refractivity contribution in [1.29, 1.82) is 0 Å². The van der Waals surface area contributed by atoms with E-state index < -0.39 is 21.5 Å². The Labute approximate surface area is 143 Å². The SMILES string of the molecule is CCC(C)c1ccc(NC(=O)CS(=O)(=O)c2ccc(C)cc2)cc1. The maximum atomic E-state index is 12.3. The predicted octanol–water partition coefficient (Wildman–Crippen LogP) is 3.92. The molecule has 0 radical (unpaired) electrons. The molecule has 0 saturated carbocycles. The van der Waals surface area contributed by atoms with Gasteiger partial charge in [0.1, 0.15) is 5.75 Å². The Hall–Kier alpha value is -2.14. The number of aryl methyl sites for hydroxylation is 1. The molecule has 1 atom stereocenters. The third-order valence-corrected chi connectivity index (χ3v) is 5.71. The molecule has 0 aliphatic rings. The van der Waals surface area contributed by atoms with E-state index in [1.54, 1.807) is 24.3 Å². The normalized spacial score (nSPS) is 12.6. The highest BCUT2D eigenvalue weighted by Crippen LogP contribution is 2.20. The zero-order chi connectivity index (χ0) is 17.7. The van der Waals surface area contributed by atoms with E-state index in [4.69, 9.17) is 0 Å². The van der Waals surface area contributed by atoms with Crippen LogP contribution in [-0.4, -0.2) is 20.1 Å². The predicted molar refractivity (Wildman–Crippen MR) is 97.0 cm³/mol. The Morgan fingerprint density at radius 3 is 2.17 bits per heavy atom. The van der Waals surface area contributed by atoms with Gasteiger partial charge < -0.3 is 5.32 Å². The molecule has 0 fully saturated rings. The summed E-state index contributed by atoms with van der Waals surface area (Å²) in [5.74, 6) is -0.646. The Morgan fingerprint density at radius 1 is 1.04 bits per heavy atom. The van der Waals surface area contributed by atoms with Crippen LogP contribution in [0.4, 0.5) is 5.69 Å². The number of anilines is 1. The fourth-order valence-corrected chi connectivity index (χ4v) is 3.46. The van der Waals surface area contributed by atoms with Crippen molar-refractivity contribution in [1.82, 2.24) is 0 Å². The molecular weight excluding hydrogens is 322 g/mol. The average molecular weight is 345 g/mol. The molecule has 128 valence electrons. The van der Waals surface area contributed by atoms with Crippen LogP contribution in [0.5, 0.6) is 0 Å². The molecule has 0 saturated heterocycles. The third kappa shape index (κ3) is 4.68. The molecule has 0 spiro atoms. The fraction of sp³-hybridized carbons (Fsp3) is 0.316. The van der Waals surface area contributed by atoms with Crippen LogP contribution in [0.3, 0.4) is 0 Å². The van der Waals surface area contributed by atoms with Gasteiger partial charge in [-0.1, -0.05) is 43.7 Å². The largest absolute Gasteiger partial charge is 0.325 e. The van der Waals surface area contributed by atoms with Crippen LogP contribution in [0.25, 0.3) is 0 Å². The van der Waals surface area contributed by atoms with Crippen LogP contribution < -0.4 is 5.32 Å². The summed E-state index contributed by atoms with van der Waals surface area (Å²) in [7, 11) is -3.63. The van der Waals surface area contributed by atoms with Crippen molar-refractivity contribution in [3.05, 3.63) is 59.7 Å². The summed E-state index contributed by atoms with van der Waals surface area (Å²) in [4.78, 5) is 12.2. The number of benzene rings is 2. The molecule has 1 unspecified atom stereocenters. The van der Waals surface area contributed by atoms with Crippen LogP contribution in [0.2, 0.25) is 0 Å². The topological polar surface area (TPSA) is 63.2 Å². The highest BCUT2D eigenvalue weighted by Gasteiger charge is 2.19. The van der Waals surface area contributed by atoms with Gasteiger partial charge >= 0.3 is 0 Å². The minimum Gasteiger partial charge on any atom is -0.325 e. The van der Waals surface area contributed by atoms with Gasteiger partial charge in [-0.05, 0) is 49.1 Å². The zero-order valence-corrected chi connectivity index (χ0v) is 15.1. The molecule has 0 bridgehead atoms. The highest BCUT2D eigenvalue weighted by atomic mass is 32.2. The van der Waals surface area contributed by atoms with Gasteiger partial charge in [-0.15, -0.1) is 0 Å². The lowest BCUT2D eigenvalue weighted by Crippen LogP contribution is -2.23. The lowest BCUT2D eigenvalue weighted by molar-refractivity contribution is -0.113. The summed E-state index contributed by atoms with van der Waals surface area (Å²) in [5.41, 5.74) is 2.77. The summed E-state index contributed by atoms with van der Waals surface area (Å²) < 4.78 is 24.5. The molecule has 0 aliphatic heterocycles. The van der Waals surface area contributed by atoms with Crippen LogP contribution in [-0.2, 0) is 14.6 Å². The Bertz CT molecular complexity index is 794. The number of carbonyl (C=O) groups is 1. The molecule has 0 aromatic heterocycles. The Morgan fingerprint density at radius 2 is 1.62 bits per heavy atom. The van der Waals surface area contributed by atoms with Crippen molar-refractivity contribution >= 4 is 21.4 Å². The van der Waals surface area contributed by atoms with Crippen molar-refractivity contribution in [2.24, 2.45) is 0 Å². The van der Waals surface area contributed by atoms with E-state index in [-0.39, 0.29) is 4.90 Å². The quantitative estimate of drug-likeness (QED) is 0.863. The van der Waals surface area contributed by atoms with Gasteiger partial charge in [0.05, 0.1) is 4.90 Å². The van der Waals surface area contributed by atoms with Gasteiger partial charge in [-0.25, -0.2) is 8.42 Å². The van der Waals surface area contributed by atoms with Crippen molar-refractivity contribution in [3.63, 3.8) is 0 Å². The number of amides is 1. The van der Waals surface area contributed by atoms with Gasteiger partial charge in [0, 0.05) is 5.69 Å². The van der Waals surface area contributed by atoms with E-state index >= 15 is 0 Å². The van der Waals surface area contributed by atoms with Crippen LogP contribution in [0.15, 0.2) is 53.4 Å². The van der Waals surface area contributed by atoms with E-state index in [0.717, 1.165) is 12.0 Å². The van der Waals surface area contributed by atoms with Crippen molar-refractivity contribution in [2.45, 2.75) is 38.0 Å². The second-order valence-corrected chi connectivity index (χ2v) is 8.04. The van der Waals surface area contributed by atoms with Crippen LogP contribution >= 0.6 is 0 Å². The summed E-state index contributed by atoms with van der Waals surface area (Å²) in [5, 5.41) is 2.65. The zero-order valence-electron chi connectivity index (χ0n) is 14.2. The van der Waals surface area contributed by atoms with E-state index in [0.29, 0.717) is 11.6 Å². The summed E-state index contributed by atoms with van der Waals surface area (Å²) in [6.07, 6.45) is 1.04. The molecule has 2 aromatic carbocycles. The molecule has 0 aliphatic carbocycles. The second kappa shape index (κ2) is 7.62. The highest BCUT2D eigenvalue weighted by molar-refractivity contribution is 7.92. The Kier molecular flexibility index (Phi) is 5.78. The first kappa shape index (κ1) is 18.2. The Balaban J connectivity index is 2.03. The molecule has 1 amide bonds. The average Bonchev–Trinajstić information content (AvgIpc) is 2.54. The fourth-order valence-electron chi connectivity index (χ4n) is 2.33. The summed E-state index contributed by atoms with van der Waals surface area (Å²) in [6.45, 7) is 6.14. The molecule has 24 heavy (non-hydrogen) atoms. The summed E-state index contributed by atoms with van der Waals surface area (Å²) >= 11 is 0. The molecule has 0 heterocycles. The lowest BCUT2D eigenvalue weighted by atomic mass is 9.99. The first-order valence-corrected chi connectivity index (χ1v) is 9.66. The number of carbonyl (C=O) groups excluding carboxylic acids is 1. The molecule has 5 heteroatoms. The molecular formula is C19H23NO3S. The summed E-state index contributed by atoms with van der Waals surface area (Å²) in [6, 6.07) is 14.0. The van der Waals surface area contributed by atoms with Gasteiger partial charge in [0.15, 0.2) is 9.84 Å². The molecule has 1 N–H and O–H groups in total. The van der Waals surface area contributed by atoms with Gasteiger partial charge in [-0.3, -0.25) is 4.79 Å². The van der Waals surface area contributed by atoms with E-state index in [1.165, 1.54) is 17.7 Å². The number of rotatable bonds is 6. The van der Waals surface area contributed by atoms with Crippen molar-refractivity contribution < 1.29 is 13.2 Å². The third-order valence-electron chi connectivity index (χ3n) is 4.08. The van der Waals surface area contributed by atoms with E-state index in [9.17, 15) is 13.2 Å². The minimum absolute atomic E-state index is 0.162. The lowest BCUT2D eigenvalue weighted by Gasteiger charge is -2.11. The maximum Gasteiger partial charge on any atom is 0.239 e. The van der Waals surface area contributed by atoms with Crippen molar-refractivity contribution in [2.75, 3.05) is 11.1 Å². The van der Waals surface area contributed by atoms with E-state index in [2.05, 4.69) is 19.2 Å².